The fourth-order valence-corrected chi connectivity index (χ4v) is 2.75. The van der Waals surface area contributed by atoms with Crippen LogP contribution in [0.15, 0.2) is 71.3 Å². The second-order valence-electron chi connectivity index (χ2n) is 5.57. The number of amides is 1. The van der Waals surface area contributed by atoms with Crippen LogP contribution in [0.1, 0.15) is 22.8 Å². The summed E-state index contributed by atoms with van der Waals surface area (Å²) in [6.45, 7) is 2.13. The van der Waals surface area contributed by atoms with Crippen molar-refractivity contribution < 1.29 is 4.79 Å². The third-order valence-corrected chi connectivity index (χ3v) is 4.24. The molecule has 2 N–H and O–H groups in total. The van der Waals surface area contributed by atoms with Crippen LogP contribution in [-0.4, -0.2) is 10.9 Å². The quantitative estimate of drug-likeness (QED) is 0.607. The molecule has 5 heteroatoms. The maximum atomic E-state index is 12.2. The van der Waals surface area contributed by atoms with Gasteiger partial charge in [-0.3, -0.25) is 4.79 Å². The first-order valence-electron chi connectivity index (χ1n) is 8.03. The first kappa shape index (κ1) is 17.2. The highest BCUT2D eigenvalue weighted by Gasteiger charge is 2.06. The molecule has 0 unspecified atom stereocenters. The lowest BCUT2D eigenvalue weighted by molar-refractivity contribution is 0.102. The molecule has 4 nitrogen and oxygen atoms in total. The van der Waals surface area contributed by atoms with E-state index < -0.39 is 0 Å². The molecule has 0 spiro atoms. The summed E-state index contributed by atoms with van der Waals surface area (Å²) in [6, 6.07) is 19.2. The van der Waals surface area contributed by atoms with Gasteiger partial charge in [0, 0.05) is 15.7 Å². The molecule has 0 aliphatic rings. The maximum absolute atomic E-state index is 12.2. The van der Waals surface area contributed by atoms with Crippen molar-refractivity contribution in [2.24, 2.45) is 0 Å². The Balaban J connectivity index is 1.64. The summed E-state index contributed by atoms with van der Waals surface area (Å²) in [5, 5.41) is 6.09. The Hall–Kier alpha value is -2.66. The van der Waals surface area contributed by atoms with E-state index in [0.717, 1.165) is 22.4 Å². The van der Waals surface area contributed by atoms with Gasteiger partial charge in [0.05, 0.1) is 11.9 Å². The number of hydrogen-bond acceptors (Lipinski definition) is 3. The van der Waals surface area contributed by atoms with Gasteiger partial charge in [-0.1, -0.05) is 41.1 Å². The molecule has 1 amide bonds. The number of benzene rings is 2. The number of carbonyl (C=O) groups is 1. The smallest absolute Gasteiger partial charge is 0.255 e. The summed E-state index contributed by atoms with van der Waals surface area (Å²) in [5.41, 5.74) is 3.52. The SMILES string of the molecule is CCc1ccc(Nc2ccc(NC(=O)c3cccc(Br)c3)cn2)cc1. The zero-order valence-electron chi connectivity index (χ0n) is 13.8. The van der Waals surface area contributed by atoms with Gasteiger partial charge in [0.2, 0.25) is 0 Å². The summed E-state index contributed by atoms with van der Waals surface area (Å²) in [7, 11) is 0. The molecule has 3 rings (SSSR count). The van der Waals surface area contributed by atoms with Crippen LogP contribution in [0.2, 0.25) is 0 Å². The van der Waals surface area contributed by atoms with Gasteiger partial charge in [-0.05, 0) is 54.4 Å². The summed E-state index contributed by atoms with van der Waals surface area (Å²) < 4.78 is 0.868. The predicted molar refractivity (Wildman–Crippen MR) is 105 cm³/mol. The second-order valence-corrected chi connectivity index (χ2v) is 6.49. The van der Waals surface area contributed by atoms with Crippen molar-refractivity contribution in [2.45, 2.75) is 13.3 Å². The van der Waals surface area contributed by atoms with Crippen molar-refractivity contribution in [2.75, 3.05) is 10.6 Å². The van der Waals surface area contributed by atoms with Crippen molar-refractivity contribution in [3.63, 3.8) is 0 Å². The number of rotatable bonds is 5. The Morgan fingerprint density at radius 1 is 1.04 bits per heavy atom. The highest BCUT2D eigenvalue weighted by Crippen LogP contribution is 2.18. The lowest BCUT2D eigenvalue weighted by Gasteiger charge is -2.08. The van der Waals surface area contributed by atoms with Crippen molar-refractivity contribution in [3.8, 4) is 0 Å². The van der Waals surface area contributed by atoms with Gasteiger partial charge in [0.15, 0.2) is 0 Å². The lowest BCUT2D eigenvalue weighted by atomic mass is 10.1. The van der Waals surface area contributed by atoms with E-state index in [1.165, 1.54) is 5.56 Å². The number of carbonyl (C=O) groups excluding carboxylic acids is 1. The molecule has 0 bridgehead atoms. The number of nitrogens with zero attached hydrogens (tertiary/aromatic N) is 1. The highest BCUT2D eigenvalue weighted by atomic mass is 79.9. The van der Waals surface area contributed by atoms with E-state index in [9.17, 15) is 4.79 Å². The van der Waals surface area contributed by atoms with E-state index in [0.29, 0.717) is 11.3 Å². The molecule has 0 aliphatic heterocycles. The van der Waals surface area contributed by atoms with E-state index in [4.69, 9.17) is 0 Å². The largest absolute Gasteiger partial charge is 0.340 e. The van der Waals surface area contributed by atoms with Crippen molar-refractivity contribution in [3.05, 3.63) is 82.5 Å². The first-order valence-corrected chi connectivity index (χ1v) is 8.82. The summed E-state index contributed by atoms with van der Waals surface area (Å²) >= 11 is 3.37. The Bertz CT molecular complexity index is 861. The van der Waals surface area contributed by atoms with Crippen LogP contribution in [0.4, 0.5) is 17.2 Å². The average molecular weight is 396 g/mol. The summed E-state index contributed by atoms with van der Waals surface area (Å²) in [6.07, 6.45) is 2.66. The van der Waals surface area contributed by atoms with E-state index in [1.807, 2.05) is 36.4 Å². The average Bonchev–Trinajstić information content (AvgIpc) is 2.64. The lowest BCUT2D eigenvalue weighted by Crippen LogP contribution is -2.12. The van der Waals surface area contributed by atoms with Crippen LogP contribution in [0.25, 0.3) is 0 Å². The third-order valence-electron chi connectivity index (χ3n) is 3.74. The van der Waals surface area contributed by atoms with Gasteiger partial charge < -0.3 is 10.6 Å². The highest BCUT2D eigenvalue weighted by molar-refractivity contribution is 9.10. The van der Waals surface area contributed by atoms with Crippen LogP contribution in [-0.2, 0) is 6.42 Å². The number of pyridine rings is 1. The molecular weight excluding hydrogens is 378 g/mol. The van der Waals surface area contributed by atoms with Gasteiger partial charge in [-0.25, -0.2) is 4.98 Å². The second kappa shape index (κ2) is 7.94. The molecule has 1 heterocycles. The number of hydrogen-bond donors (Lipinski definition) is 2. The van der Waals surface area contributed by atoms with Crippen molar-refractivity contribution in [1.82, 2.24) is 4.98 Å². The molecule has 0 aliphatic carbocycles. The Morgan fingerprint density at radius 3 is 2.44 bits per heavy atom. The van der Waals surface area contributed by atoms with E-state index in [2.05, 4.69) is 50.6 Å². The minimum absolute atomic E-state index is 0.168. The molecule has 2 aromatic carbocycles. The first-order chi connectivity index (χ1) is 12.1. The summed E-state index contributed by atoms with van der Waals surface area (Å²) in [4.78, 5) is 16.6. The number of nitrogens with one attached hydrogen (secondary N) is 2. The normalized spacial score (nSPS) is 10.3. The molecule has 0 saturated carbocycles. The number of aryl methyl sites for hydroxylation is 1. The Morgan fingerprint density at radius 2 is 1.80 bits per heavy atom. The van der Waals surface area contributed by atoms with Crippen molar-refractivity contribution >= 4 is 39.0 Å². The molecule has 0 fully saturated rings. The molecule has 3 aromatic rings. The van der Waals surface area contributed by atoms with Gasteiger partial charge in [-0.15, -0.1) is 0 Å². The minimum atomic E-state index is -0.168. The number of anilines is 3. The molecule has 25 heavy (non-hydrogen) atoms. The zero-order valence-corrected chi connectivity index (χ0v) is 15.4. The Labute approximate surface area is 155 Å². The fourth-order valence-electron chi connectivity index (χ4n) is 2.35. The minimum Gasteiger partial charge on any atom is -0.340 e. The van der Waals surface area contributed by atoms with E-state index >= 15 is 0 Å². The van der Waals surface area contributed by atoms with Gasteiger partial charge >= 0.3 is 0 Å². The monoisotopic (exact) mass is 395 g/mol. The number of halogens is 1. The van der Waals surface area contributed by atoms with Crippen LogP contribution >= 0.6 is 15.9 Å². The fraction of sp³-hybridized carbons (Fsp3) is 0.100. The molecule has 0 radical (unpaired) electrons. The van der Waals surface area contributed by atoms with Crippen LogP contribution in [0.3, 0.4) is 0 Å². The van der Waals surface area contributed by atoms with Crippen LogP contribution in [0.5, 0.6) is 0 Å². The predicted octanol–water partition coefficient (Wildman–Crippen LogP) is 5.40. The standard InChI is InChI=1S/C20H18BrN3O/c1-2-14-6-8-17(9-7-14)23-19-11-10-18(13-22-19)24-20(25)15-4-3-5-16(21)12-15/h3-13H,2H2,1H3,(H,22,23)(H,24,25). The molecule has 0 saturated heterocycles. The molecule has 1 aromatic heterocycles. The van der Waals surface area contributed by atoms with Gasteiger partial charge in [0.25, 0.3) is 5.91 Å². The zero-order chi connectivity index (χ0) is 17.6. The topological polar surface area (TPSA) is 54.0 Å². The molecular formula is C20H18BrN3O. The number of aromatic nitrogens is 1. The van der Waals surface area contributed by atoms with Gasteiger partial charge in [-0.2, -0.15) is 0 Å². The van der Waals surface area contributed by atoms with Crippen molar-refractivity contribution in [1.29, 1.82) is 0 Å². The maximum Gasteiger partial charge on any atom is 0.255 e. The van der Waals surface area contributed by atoms with E-state index in [-0.39, 0.29) is 5.91 Å². The molecule has 126 valence electrons. The van der Waals surface area contributed by atoms with E-state index in [1.54, 1.807) is 18.3 Å². The van der Waals surface area contributed by atoms with Gasteiger partial charge in [0.1, 0.15) is 5.82 Å². The third kappa shape index (κ3) is 4.67. The Kier molecular flexibility index (Phi) is 5.46. The molecule has 0 atom stereocenters. The summed E-state index contributed by atoms with van der Waals surface area (Å²) in [5.74, 6) is 0.559. The van der Waals surface area contributed by atoms with Crippen LogP contribution < -0.4 is 10.6 Å². The van der Waals surface area contributed by atoms with Crippen LogP contribution in [0, 0.1) is 0 Å².